The molecule has 0 spiro atoms. The Hall–Kier alpha value is -3.75. The Balaban J connectivity index is 1.57. The van der Waals surface area contributed by atoms with Crippen molar-refractivity contribution in [3.63, 3.8) is 0 Å². The number of aromatic nitrogens is 2. The van der Waals surface area contributed by atoms with Gasteiger partial charge in [0.25, 0.3) is 11.5 Å². The first kappa shape index (κ1) is 23.0. The van der Waals surface area contributed by atoms with Gasteiger partial charge in [0, 0.05) is 25.6 Å². The van der Waals surface area contributed by atoms with Crippen LogP contribution in [0.5, 0.6) is 0 Å². The number of thiophene rings is 1. The molecule has 2 atom stereocenters. The number of piperidine rings is 1. The molecule has 11 heteroatoms. The third-order valence-corrected chi connectivity index (χ3v) is 7.40. The van der Waals surface area contributed by atoms with Crippen molar-refractivity contribution >= 4 is 39.4 Å². The van der Waals surface area contributed by atoms with Crippen molar-refractivity contribution in [3.05, 3.63) is 56.7 Å². The molecule has 180 valence electrons. The van der Waals surface area contributed by atoms with E-state index in [1.54, 1.807) is 22.8 Å². The molecule has 1 aromatic carbocycles. The van der Waals surface area contributed by atoms with Crippen LogP contribution in [0.3, 0.4) is 0 Å². The third kappa shape index (κ3) is 4.50. The minimum atomic E-state index is -0.690. The number of carbonyl (C=O) groups excluding carboxylic acids is 2. The molecule has 10 nitrogen and oxygen atoms in total. The van der Waals surface area contributed by atoms with Crippen LogP contribution in [0.25, 0.3) is 10.2 Å². The number of carbonyl (C=O) groups is 2. The molecule has 0 bridgehead atoms. The molecular weight excluding hydrogens is 468 g/mol. The van der Waals surface area contributed by atoms with Crippen LogP contribution in [-0.2, 0) is 16.1 Å². The Morgan fingerprint density at radius 1 is 1.31 bits per heavy atom. The van der Waals surface area contributed by atoms with E-state index in [1.165, 1.54) is 0 Å². The minimum Gasteiger partial charge on any atom is -0.464 e. The van der Waals surface area contributed by atoms with Crippen LogP contribution < -0.4 is 21.5 Å². The van der Waals surface area contributed by atoms with Crippen LogP contribution in [0.2, 0.25) is 0 Å². The molecular formula is C24H24N6O4S. The van der Waals surface area contributed by atoms with Crippen LogP contribution >= 0.6 is 11.3 Å². The summed E-state index contributed by atoms with van der Waals surface area (Å²) in [5.41, 5.74) is 7.52. The van der Waals surface area contributed by atoms with Crippen LogP contribution in [-0.4, -0.2) is 53.2 Å². The van der Waals surface area contributed by atoms with Crippen molar-refractivity contribution in [3.8, 4) is 6.07 Å². The third-order valence-electron chi connectivity index (χ3n) is 6.29. The van der Waals surface area contributed by atoms with Crippen LogP contribution in [0.1, 0.15) is 40.1 Å². The second-order valence-corrected chi connectivity index (χ2v) is 9.78. The molecule has 2 aliphatic heterocycles. The lowest BCUT2D eigenvalue weighted by Gasteiger charge is -2.33. The van der Waals surface area contributed by atoms with E-state index in [-0.39, 0.29) is 24.8 Å². The predicted octanol–water partition coefficient (Wildman–Crippen LogP) is 1.35. The van der Waals surface area contributed by atoms with Crippen molar-refractivity contribution in [2.45, 2.75) is 37.9 Å². The number of amides is 1. The molecule has 2 fully saturated rings. The summed E-state index contributed by atoms with van der Waals surface area (Å²) in [5, 5.41) is 12.2. The first-order valence-electron chi connectivity index (χ1n) is 11.4. The van der Waals surface area contributed by atoms with Crippen molar-refractivity contribution in [2.24, 2.45) is 5.73 Å². The number of nitriles is 1. The lowest BCUT2D eigenvalue weighted by Crippen LogP contribution is -2.45. The van der Waals surface area contributed by atoms with Crippen molar-refractivity contribution in [1.82, 2.24) is 14.9 Å². The second-order valence-electron chi connectivity index (χ2n) is 8.73. The molecule has 1 amide bonds. The number of esters is 1. The molecule has 2 unspecified atom stereocenters. The van der Waals surface area contributed by atoms with Gasteiger partial charge in [-0.05, 0) is 30.5 Å². The monoisotopic (exact) mass is 492 g/mol. The van der Waals surface area contributed by atoms with Gasteiger partial charge in [-0.1, -0.05) is 18.2 Å². The Morgan fingerprint density at radius 3 is 2.89 bits per heavy atom. The fourth-order valence-electron chi connectivity index (χ4n) is 4.48. The number of fused-ring (bicyclic) bond motifs is 1. The van der Waals surface area contributed by atoms with Gasteiger partial charge in [-0.15, -0.1) is 11.3 Å². The Kier molecular flexibility index (Phi) is 6.23. The standard InChI is InChI=1S/C24H24N6O4S/c25-11-14-4-1-2-5-15(14)12-30-22(32)20-18(28-24(30)29-8-3-6-16(26)13-29)10-19(35-20)21(31)27-17-7-9-34-23(17)33/h1-2,4-5,10,16-17H,3,6-9,12-13,26H2,(H,27,31). The number of ether oxygens (including phenoxy) is 1. The van der Waals surface area contributed by atoms with Gasteiger partial charge in [-0.25, -0.2) is 9.78 Å². The molecule has 0 aliphatic carbocycles. The number of cyclic esters (lactones) is 1. The molecule has 3 N–H and O–H groups in total. The van der Waals surface area contributed by atoms with E-state index in [0.717, 1.165) is 24.2 Å². The summed E-state index contributed by atoms with van der Waals surface area (Å²) in [4.78, 5) is 45.3. The number of hydrogen-bond donors (Lipinski definition) is 2. The number of hydrogen-bond acceptors (Lipinski definition) is 9. The minimum absolute atomic E-state index is 0.0359. The van der Waals surface area contributed by atoms with E-state index in [2.05, 4.69) is 11.4 Å². The maximum Gasteiger partial charge on any atom is 0.328 e. The summed E-state index contributed by atoms with van der Waals surface area (Å²) in [6.07, 6.45) is 2.18. The molecule has 2 aliphatic rings. The number of nitrogens with two attached hydrogens (primary N) is 1. The number of rotatable bonds is 5. The fourth-order valence-corrected chi connectivity index (χ4v) is 5.43. The maximum absolute atomic E-state index is 13.7. The molecule has 0 saturated carbocycles. The van der Waals surface area contributed by atoms with Gasteiger partial charge in [0.15, 0.2) is 0 Å². The van der Waals surface area contributed by atoms with E-state index >= 15 is 0 Å². The molecule has 3 aromatic rings. The summed E-state index contributed by atoms with van der Waals surface area (Å²) < 4.78 is 6.80. The number of benzene rings is 1. The quantitative estimate of drug-likeness (QED) is 0.508. The van der Waals surface area contributed by atoms with Gasteiger partial charge in [-0.3, -0.25) is 14.2 Å². The Labute approximate surface area is 204 Å². The second kappa shape index (κ2) is 9.48. The van der Waals surface area contributed by atoms with E-state index in [0.29, 0.717) is 51.7 Å². The van der Waals surface area contributed by atoms with Crippen LogP contribution in [0, 0.1) is 11.3 Å². The topological polar surface area (TPSA) is 143 Å². The van der Waals surface area contributed by atoms with Gasteiger partial charge in [0.05, 0.1) is 35.2 Å². The van der Waals surface area contributed by atoms with Crippen molar-refractivity contribution < 1.29 is 14.3 Å². The van der Waals surface area contributed by atoms with E-state index in [9.17, 15) is 19.6 Å². The van der Waals surface area contributed by atoms with Crippen molar-refractivity contribution in [1.29, 1.82) is 5.26 Å². The zero-order valence-electron chi connectivity index (χ0n) is 18.9. The molecule has 2 saturated heterocycles. The number of nitrogens with one attached hydrogen (secondary N) is 1. The van der Waals surface area contributed by atoms with Crippen LogP contribution in [0.4, 0.5) is 5.95 Å². The SMILES string of the molecule is N#Cc1ccccc1Cn1c(N2CCCC(N)C2)nc2cc(C(=O)NC3CCOC3=O)sc2c1=O. The molecule has 0 radical (unpaired) electrons. The molecule has 5 rings (SSSR count). The van der Waals surface area contributed by atoms with E-state index in [4.69, 9.17) is 15.5 Å². The van der Waals surface area contributed by atoms with Gasteiger partial charge in [0.2, 0.25) is 5.95 Å². The molecule has 35 heavy (non-hydrogen) atoms. The highest BCUT2D eigenvalue weighted by Crippen LogP contribution is 2.26. The largest absolute Gasteiger partial charge is 0.464 e. The highest BCUT2D eigenvalue weighted by molar-refractivity contribution is 7.20. The summed E-state index contributed by atoms with van der Waals surface area (Å²) >= 11 is 1.04. The Bertz CT molecular complexity index is 1410. The maximum atomic E-state index is 13.7. The molecule has 2 aromatic heterocycles. The number of nitrogens with zero attached hydrogens (tertiary/aromatic N) is 4. The van der Waals surface area contributed by atoms with Gasteiger partial charge >= 0.3 is 5.97 Å². The molecule has 4 heterocycles. The average Bonchev–Trinajstić information content (AvgIpc) is 3.47. The lowest BCUT2D eigenvalue weighted by atomic mass is 10.1. The summed E-state index contributed by atoms with van der Waals surface area (Å²) in [6.45, 7) is 1.69. The summed E-state index contributed by atoms with van der Waals surface area (Å²) in [7, 11) is 0. The highest BCUT2D eigenvalue weighted by Gasteiger charge is 2.30. The normalized spacial score (nSPS) is 20.0. The van der Waals surface area contributed by atoms with Gasteiger partial charge in [-0.2, -0.15) is 5.26 Å². The highest BCUT2D eigenvalue weighted by atomic mass is 32.1. The smallest absolute Gasteiger partial charge is 0.328 e. The van der Waals surface area contributed by atoms with Gasteiger partial charge in [0.1, 0.15) is 10.7 Å². The lowest BCUT2D eigenvalue weighted by molar-refractivity contribution is -0.139. The zero-order chi connectivity index (χ0) is 24.5. The number of anilines is 1. The van der Waals surface area contributed by atoms with Crippen LogP contribution in [0.15, 0.2) is 35.1 Å². The van der Waals surface area contributed by atoms with Gasteiger partial charge < -0.3 is 20.7 Å². The predicted molar refractivity (Wildman–Crippen MR) is 130 cm³/mol. The average molecular weight is 493 g/mol. The van der Waals surface area contributed by atoms with E-state index < -0.39 is 17.9 Å². The fraction of sp³-hybridized carbons (Fsp3) is 0.375. The first-order valence-corrected chi connectivity index (χ1v) is 12.3. The summed E-state index contributed by atoms with van der Waals surface area (Å²) in [6, 6.07) is 10.2. The first-order chi connectivity index (χ1) is 16.9. The zero-order valence-corrected chi connectivity index (χ0v) is 19.7. The Morgan fingerprint density at radius 2 is 2.14 bits per heavy atom. The van der Waals surface area contributed by atoms with Crippen molar-refractivity contribution in [2.75, 3.05) is 24.6 Å². The van der Waals surface area contributed by atoms with E-state index in [1.807, 2.05) is 17.0 Å². The summed E-state index contributed by atoms with van der Waals surface area (Å²) in [5.74, 6) is -0.437.